The van der Waals surface area contributed by atoms with Gasteiger partial charge in [-0.2, -0.15) is 13.2 Å². The first-order chi connectivity index (χ1) is 13.8. The standard InChI is InChI=1S/C19H24ClF3N4O3/c1-18(2,3)30-17(29)26-6-4-5-25(7-8-26)16(28)14-11-27-10-12(19(21,22)23)9-13(20)15(27)24-14/h9-11,15,24H,4-8H2,1-3H3. The third kappa shape index (κ3) is 5.03. The summed E-state index contributed by atoms with van der Waals surface area (Å²) in [6, 6.07) is 0. The van der Waals surface area contributed by atoms with Crippen LogP contribution in [-0.4, -0.2) is 70.8 Å². The van der Waals surface area contributed by atoms with Crippen LogP contribution in [0, 0.1) is 0 Å². The molecule has 3 heterocycles. The van der Waals surface area contributed by atoms with Gasteiger partial charge in [0.05, 0.1) is 10.6 Å². The number of carbonyl (C=O) groups is 2. The lowest BCUT2D eigenvalue weighted by atomic mass is 10.2. The van der Waals surface area contributed by atoms with Crippen molar-refractivity contribution in [3.05, 3.63) is 34.8 Å². The summed E-state index contributed by atoms with van der Waals surface area (Å²) in [6.07, 6.45) is -2.08. The quantitative estimate of drug-likeness (QED) is 0.667. The minimum Gasteiger partial charge on any atom is -0.444 e. The zero-order valence-corrected chi connectivity index (χ0v) is 17.7. The summed E-state index contributed by atoms with van der Waals surface area (Å²) in [5.41, 5.74) is -1.35. The topological polar surface area (TPSA) is 65.1 Å². The van der Waals surface area contributed by atoms with Gasteiger partial charge in [0.25, 0.3) is 5.91 Å². The molecule has 1 fully saturated rings. The van der Waals surface area contributed by atoms with Crippen molar-refractivity contribution in [3.63, 3.8) is 0 Å². The highest BCUT2D eigenvalue weighted by molar-refractivity contribution is 6.30. The molecule has 166 valence electrons. The number of rotatable bonds is 1. The van der Waals surface area contributed by atoms with Crippen LogP contribution in [0.1, 0.15) is 27.2 Å². The highest BCUT2D eigenvalue weighted by Gasteiger charge is 2.40. The minimum atomic E-state index is -4.54. The maximum absolute atomic E-state index is 13.0. The maximum Gasteiger partial charge on any atom is 0.417 e. The summed E-state index contributed by atoms with van der Waals surface area (Å²) in [5, 5.41) is 2.82. The molecule has 3 rings (SSSR count). The Morgan fingerprint density at radius 2 is 1.73 bits per heavy atom. The van der Waals surface area contributed by atoms with Crippen LogP contribution < -0.4 is 5.32 Å². The van der Waals surface area contributed by atoms with Gasteiger partial charge in [0.2, 0.25) is 0 Å². The van der Waals surface area contributed by atoms with E-state index in [-0.39, 0.29) is 23.2 Å². The Balaban J connectivity index is 1.66. The molecule has 0 aromatic rings. The molecule has 1 atom stereocenters. The van der Waals surface area contributed by atoms with E-state index in [1.807, 2.05) is 0 Å². The average molecular weight is 449 g/mol. The number of allylic oxidation sites excluding steroid dienone is 2. The molecule has 2 amide bonds. The number of alkyl halides is 3. The van der Waals surface area contributed by atoms with Gasteiger partial charge >= 0.3 is 12.3 Å². The number of nitrogens with one attached hydrogen (secondary N) is 1. The van der Waals surface area contributed by atoms with Gasteiger partial charge < -0.3 is 24.8 Å². The number of amides is 2. The Kier molecular flexibility index (Phi) is 5.99. The van der Waals surface area contributed by atoms with E-state index < -0.39 is 29.6 Å². The molecule has 3 aliphatic heterocycles. The van der Waals surface area contributed by atoms with Crippen LogP contribution >= 0.6 is 11.6 Å². The van der Waals surface area contributed by atoms with Gasteiger partial charge in [-0.05, 0) is 33.3 Å². The van der Waals surface area contributed by atoms with Gasteiger partial charge in [0.1, 0.15) is 17.5 Å². The lowest BCUT2D eigenvalue weighted by Gasteiger charge is -2.27. The molecular formula is C19H24ClF3N4O3. The van der Waals surface area contributed by atoms with Crippen molar-refractivity contribution >= 4 is 23.6 Å². The van der Waals surface area contributed by atoms with E-state index in [1.54, 1.807) is 30.6 Å². The molecule has 3 aliphatic rings. The molecule has 1 unspecified atom stereocenters. The minimum absolute atomic E-state index is 0.0594. The van der Waals surface area contributed by atoms with Crippen molar-refractivity contribution in [2.75, 3.05) is 26.2 Å². The summed E-state index contributed by atoms with van der Waals surface area (Å²) in [5.74, 6) is -0.359. The van der Waals surface area contributed by atoms with E-state index in [0.717, 1.165) is 12.3 Å². The first-order valence-electron chi connectivity index (χ1n) is 9.54. The Bertz CT molecular complexity index is 817. The number of carbonyl (C=O) groups excluding carboxylic acids is 2. The average Bonchev–Trinajstić information content (AvgIpc) is 2.89. The number of hydrogen-bond acceptors (Lipinski definition) is 5. The number of nitrogens with zero attached hydrogens (tertiary/aromatic N) is 3. The lowest BCUT2D eigenvalue weighted by Crippen LogP contribution is -2.42. The van der Waals surface area contributed by atoms with E-state index in [2.05, 4.69) is 5.32 Å². The number of hydrogen-bond donors (Lipinski definition) is 1. The smallest absolute Gasteiger partial charge is 0.417 e. The maximum atomic E-state index is 13.0. The fraction of sp³-hybridized carbons (Fsp3) is 0.579. The zero-order chi connectivity index (χ0) is 22.3. The van der Waals surface area contributed by atoms with Crippen molar-refractivity contribution in [1.82, 2.24) is 20.0 Å². The second kappa shape index (κ2) is 8.05. The molecule has 0 spiro atoms. The number of halogens is 4. The third-order valence-corrected chi connectivity index (χ3v) is 5.02. The Morgan fingerprint density at radius 3 is 2.37 bits per heavy atom. The van der Waals surface area contributed by atoms with Crippen LogP contribution in [0.4, 0.5) is 18.0 Å². The van der Waals surface area contributed by atoms with Crippen LogP contribution in [0.2, 0.25) is 0 Å². The molecule has 0 aliphatic carbocycles. The number of fused-ring (bicyclic) bond motifs is 1. The monoisotopic (exact) mass is 448 g/mol. The van der Waals surface area contributed by atoms with Gasteiger partial charge in [-0.1, -0.05) is 11.6 Å². The predicted molar refractivity (Wildman–Crippen MR) is 104 cm³/mol. The lowest BCUT2D eigenvalue weighted by molar-refractivity contribution is -0.127. The van der Waals surface area contributed by atoms with Crippen LogP contribution in [-0.2, 0) is 9.53 Å². The van der Waals surface area contributed by atoms with E-state index in [0.29, 0.717) is 26.1 Å². The fourth-order valence-corrected chi connectivity index (χ4v) is 3.59. The van der Waals surface area contributed by atoms with Gasteiger partial charge in [-0.25, -0.2) is 4.79 Å². The van der Waals surface area contributed by atoms with E-state index in [4.69, 9.17) is 16.3 Å². The molecule has 0 radical (unpaired) electrons. The summed E-state index contributed by atoms with van der Waals surface area (Å²) in [4.78, 5) is 29.5. The normalized spacial score (nSPS) is 22.4. The van der Waals surface area contributed by atoms with E-state index >= 15 is 0 Å². The highest BCUT2D eigenvalue weighted by Crippen LogP contribution is 2.35. The Labute approximate surface area is 177 Å². The van der Waals surface area contributed by atoms with E-state index in [1.165, 1.54) is 11.1 Å². The van der Waals surface area contributed by atoms with Crippen molar-refractivity contribution in [3.8, 4) is 0 Å². The fourth-order valence-electron chi connectivity index (χ4n) is 3.30. The SMILES string of the molecule is CC(C)(C)OC(=O)N1CCCN(C(=O)C2=CN3C=C(C(F)(F)F)C=C(Cl)C3N2)CC1. The van der Waals surface area contributed by atoms with Crippen molar-refractivity contribution in [1.29, 1.82) is 0 Å². The molecule has 0 aromatic carbocycles. The molecule has 11 heteroatoms. The second-order valence-electron chi connectivity index (χ2n) is 8.26. The summed E-state index contributed by atoms with van der Waals surface area (Å²) in [7, 11) is 0. The first kappa shape index (κ1) is 22.3. The van der Waals surface area contributed by atoms with Crippen LogP contribution in [0.3, 0.4) is 0 Å². The summed E-state index contributed by atoms with van der Waals surface area (Å²) in [6.45, 7) is 6.80. The van der Waals surface area contributed by atoms with Gasteiger partial charge in [0.15, 0.2) is 0 Å². The largest absolute Gasteiger partial charge is 0.444 e. The summed E-state index contributed by atoms with van der Waals surface area (Å²) < 4.78 is 44.4. The molecule has 1 saturated heterocycles. The number of ether oxygens (including phenoxy) is 1. The summed E-state index contributed by atoms with van der Waals surface area (Å²) >= 11 is 6.01. The van der Waals surface area contributed by atoms with Gasteiger partial charge in [-0.15, -0.1) is 0 Å². The third-order valence-electron chi connectivity index (χ3n) is 4.70. The molecular weight excluding hydrogens is 425 g/mol. The van der Waals surface area contributed by atoms with Gasteiger partial charge in [0, 0.05) is 38.6 Å². The first-order valence-corrected chi connectivity index (χ1v) is 9.92. The van der Waals surface area contributed by atoms with Crippen LogP contribution in [0.5, 0.6) is 0 Å². The van der Waals surface area contributed by atoms with Crippen LogP contribution in [0.15, 0.2) is 34.8 Å². The van der Waals surface area contributed by atoms with Crippen LogP contribution in [0.25, 0.3) is 0 Å². The van der Waals surface area contributed by atoms with Crippen molar-refractivity contribution < 1.29 is 27.5 Å². The second-order valence-corrected chi connectivity index (χ2v) is 8.70. The Morgan fingerprint density at radius 1 is 1.10 bits per heavy atom. The molecule has 1 N–H and O–H groups in total. The molecule has 30 heavy (non-hydrogen) atoms. The highest BCUT2D eigenvalue weighted by atomic mass is 35.5. The van der Waals surface area contributed by atoms with Gasteiger partial charge in [-0.3, -0.25) is 4.79 Å². The molecule has 0 bridgehead atoms. The van der Waals surface area contributed by atoms with E-state index in [9.17, 15) is 22.8 Å². The molecule has 0 saturated carbocycles. The molecule has 7 nitrogen and oxygen atoms in total. The molecule has 0 aromatic heterocycles. The predicted octanol–water partition coefficient (Wildman–Crippen LogP) is 3.11. The van der Waals surface area contributed by atoms with Crippen molar-refractivity contribution in [2.45, 2.75) is 45.1 Å². The zero-order valence-electron chi connectivity index (χ0n) is 16.9. The van der Waals surface area contributed by atoms with Crippen molar-refractivity contribution in [2.24, 2.45) is 0 Å². The Hall–Kier alpha value is -2.36.